The van der Waals surface area contributed by atoms with Gasteiger partial charge >= 0.3 is 0 Å². The molecule has 10 heterocycles. The molecule has 0 amide bonds. The van der Waals surface area contributed by atoms with Crippen molar-refractivity contribution in [2.75, 3.05) is 27.9 Å². The molecule has 0 unspecified atom stereocenters. The van der Waals surface area contributed by atoms with Gasteiger partial charge in [0, 0.05) is 300 Å². The number of aliphatic hydroxyl groups is 1. The Morgan fingerprint density at radius 2 is 0.417 bits per heavy atom. The SMILES string of the molecule is CCCOC.CO.C[O-].[Zn].[Zn].c1ccc([C+]2c3ccc([n-]3)[C+](S[C+]3c4ccc([n-]4)[C+](c4ccccc4)c4ccc([n-]4)[C+](c4ccccc4)c4ccc([n-]4)[C+](c4ccccc4)c4ccc3[n-]4)c3ccc([n-]3)[C+](c3ccccc3)c3ccc([n-]3)[C+](c3ccccc3)c3ccc2[n-]3)cc1. The number of benzene rings is 6. The molecule has 14 heteroatoms. The van der Waals surface area contributed by atoms with E-state index in [0.29, 0.717) is 0 Å². The van der Waals surface area contributed by atoms with Crippen LogP contribution in [0.15, 0.2) is 279 Å². The summed E-state index contributed by atoms with van der Waals surface area (Å²) in [6.07, 6.45) is 1.12. The third-order valence-electron chi connectivity index (χ3n) is 16.1. The van der Waals surface area contributed by atoms with Crippen LogP contribution in [0.2, 0.25) is 0 Å². The van der Waals surface area contributed by atoms with Crippen LogP contribution < -0.4 is 45.0 Å². The largest absolute Gasteiger partial charge is 0.857 e. The summed E-state index contributed by atoms with van der Waals surface area (Å²) in [6.45, 7) is 2.98. The summed E-state index contributed by atoms with van der Waals surface area (Å²) in [5.74, 6) is 5.51. The molecule has 1 N–H and O–H groups in total. The fraction of sp³-hybridized carbons (Fsp3) is 0.0732. The predicted octanol–water partition coefficient (Wildman–Crippen LogP) is 13.0. The summed E-state index contributed by atoms with van der Waals surface area (Å²) in [7, 11) is 3.46. The van der Waals surface area contributed by atoms with Gasteiger partial charge in [0.15, 0.2) is 0 Å². The van der Waals surface area contributed by atoms with Crippen LogP contribution in [0.5, 0.6) is 0 Å². The van der Waals surface area contributed by atoms with E-state index >= 15 is 0 Å². The van der Waals surface area contributed by atoms with E-state index in [2.05, 4.69) is 250 Å². The van der Waals surface area contributed by atoms with Gasteiger partial charge in [0.05, 0.1) is 33.4 Å². The van der Waals surface area contributed by atoms with E-state index in [9.17, 15) is 0 Å². The maximum atomic E-state index is 8.25. The number of hydrogen-bond acceptors (Lipinski definition) is 4. The van der Waals surface area contributed by atoms with E-state index in [-0.39, 0.29) is 39.0 Å². The topological polar surface area (TPSA) is 165 Å². The van der Waals surface area contributed by atoms with Crippen LogP contribution in [0, 0.1) is 46.0 Å². The fourth-order valence-electron chi connectivity index (χ4n) is 12.0. The normalized spacial score (nSPS) is 12.3. The van der Waals surface area contributed by atoms with Gasteiger partial charge in [0.25, 0.3) is 0 Å². The molecule has 460 valence electrons. The van der Waals surface area contributed by atoms with Gasteiger partial charge in [-0.2, -0.15) is 7.11 Å². The maximum Gasteiger partial charge on any atom is 0.101 e. The van der Waals surface area contributed by atoms with Crippen molar-refractivity contribution in [2.45, 2.75) is 13.3 Å². The zero-order valence-corrected chi connectivity index (χ0v) is 60.4. The van der Waals surface area contributed by atoms with E-state index in [1.807, 2.05) is 36.4 Å². The van der Waals surface area contributed by atoms with Gasteiger partial charge < -0.3 is 54.8 Å². The zero-order valence-electron chi connectivity index (χ0n) is 53.6. The Hall–Kier alpha value is -10.0. The van der Waals surface area contributed by atoms with Crippen molar-refractivity contribution in [1.29, 1.82) is 0 Å². The van der Waals surface area contributed by atoms with Gasteiger partial charge in [-0.05, 0) is 184 Å². The van der Waals surface area contributed by atoms with Gasteiger partial charge in [-0.25, -0.2) is 0 Å². The van der Waals surface area contributed by atoms with Crippen molar-refractivity contribution < 1.29 is 53.9 Å². The Balaban J connectivity index is 0.000000809. The van der Waals surface area contributed by atoms with Crippen molar-refractivity contribution >= 4 is 11.8 Å². The molecule has 2 aliphatic rings. The minimum atomic E-state index is 0. The Labute approximate surface area is 592 Å². The van der Waals surface area contributed by atoms with Crippen molar-refractivity contribution in [2.24, 2.45) is 0 Å². The van der Waals surface area contributed by atoms with Gasteiger partial charge in [-0.1, -0.05) is 6.92 Å². The Kier molecular flexibility index (Phi) is 22.1. The standard InChI is InChI=1S/C76H46N8S.C4H10O.CH4O.CH3O.2Zn/c1-7-19-47(20-8-1)69-53-31-35-57(77-53)71(49-23-11-3-12-24-49)61-39-43-65(81-61)75(66-44-40-62(82-66)72(50-25-13-4-14-26-50)58-36-32-54(69)78-58)85-76-67-45-41-63(83-67)73(51-27-15-5-16-28-51)59-37-33-55(79-59)70(48-21-9-2-10-22-48)56-34-38-60(80-56)74(52-29-17-6-18-30-52)64-42-46-68(76)84-64;1-3-4-5-2;2*1-2;;/h1-46H;3-4H2,1-2H3;2H,1H3;1H3;;/q;;;-1;;. The molecule has 96 heavy (non-hydrogen) atoms. The Morgan fingerprint density at radius 3 is 0.552 bits per heavy atom. The van der Waals surface area contributed by atoms with Crippen LogP contribution in [-0.4, -0.2) is 33.0 Å². The average molecular weight is 1370 g/mol. The first kappa shape index (κ1) is 67.4. The van der Waals surface area contributed by atoms with E-state index in [1.165, 1.54) is 0 Å². The first-order valence-electron chi connectivity index (χ1n) is 31.0. The third-order valence-corrected chi connectivity index (χ3v) is 17.4. The molecule has 8 aromatic heterocycles. The molecular formula is C82H63N8O3SZn2-. The first-order chi connectivity index (χ1) is 46.5. The van der Waals surface area contributed by atoms with Crippen molar-refractivity contribution in [1.82, 2.24) is 39.9 Å². The van der Waals surface area contributed by atoms with Crippen molar-refractivity contribution in [3.05, 3.63) is 450 Å². The van der Waals surface area contributed by atoms with E-state index in [4.69, 9.17) is 54.8 Å². The summed E-state index contributed by atoms with van der Waals surface area (Å²) in [6, 6.07) is 96.1. The van der Waals surface area contributed by atoms with Crippen LogP contribution >= 0.6 is 11.8 Å². The van der Waals surface area contributed by atoms with Gasteiger partial charge in [-0.15, -0.1) is 0 Å². The Bertz CT molecular complexity index is 4070. The molecule has 0 radical (unpaired) electrons. The molecule has 14 aromatic rings. The minimum absolute atomic E-state index is 0. The molecule has 0 atom stereocenters. The summed E-state index contributed by atoms with van der Waals surface area (Å²) in [4.78, 5) is 44.4. The molecule has 0 aliphatic carbocycles. The van der Waals surface area contributed by atoms with Crippen LogP contribution in [0.3, 0.4) is 0 Å². The molecule has 16 rings (SSSR count). The number of nitrogens with zero attached hydrogens (tertiary/aromatic N) is 8. The van der Waals surface area contributed by atoms with Gasteiger partial charge in [-0.3, -0.25) is 0 Å². The minimum Gasteiger partial charge on any atom is -0.857 e. The number of aliphatic hydroxyl groups excluding tert-OH is 1. The summed E-state index contributed by atoms with van der Waals surface area (Å²) >= 11 is 1.57. The van der Waals surface area contributed by atoms with Crippen LogP contribution in [0.25, 0.3) is 0 Å². The molecule has 16 bridgehead atoms. The number of methoxy groups -OCH3 is 1. The molecule has 0 saturated heterocycles. The number of thioether (sulfide) groups is 1. The summed E-state index contributed by atoms with van der Waals surface area (Å²) < 4.78 is 4.69. The third kappa shape index (κ3) is 13.9. The molecule has 2 aliphatic heterocycles. The number of fused-ring (bicyclic) bond motifs is 16. The number of rotatable bonds is 10. The molecule has 0 fully saturated rings. The second kappa shape index (κ2) is 31.5. The smallest absolute Gasteiger partial charge is 0.101 e. The van der Waals surface area contributed by atoms with E-state index in [1.54, 1.807) is 18.9 Å². The zero-order chi connectivity index (χ0) is 64.3. The molecule has 0 saturated carbocycles. The molecule has 0 spiro atoms. The Morgan fingerprint density at radius 1 is 0.271 bits per heavy atom. The monoisotopic (exact) mass is 1370 g/mol. The van der Waals surface area contributed by atoms with Crippen LogP contribution in [0.1, 0.15) is 138 Å². The summed E-state index contributed by atoms with van der Waals surface area (Å²) in [5, 5.41) is 16.9. The predicted molar refractivity (Wildman–Crippen MR) is 367 cm³/mol. The quantitative estimate of drug-likeness (QED) is 0.102. The summed E-state index contributed by atoms with van der Waals surface area (Å²) in [5.41, 5.74) is 18.5. The molecular weight excluding hydrogens is 1310 g/mol. The van der Waals surface area contributed by atoms with Gasteiger partial charge in [0.2, 0.25) is 0 Å². The second-order valence-corrected chi connectivity index (χ2v) is 22.9. The van der Waals surface area contributed by atoms with Crippen LogP contribution in [0.4, 0.5) is 0 Å². The maximum absolute atomic E-state index is 8.25. The number of aromatic nitrogens is 8. The first-order valence-corrected chi connectivity index (χ1v) is 31.8. The fourth-order valence-corrected chi connectivity index (χ4v) is 13.1. The van der Waals surface area contributed by atoms with Crippen LogP contribution in [-0.2, 0) is 43.7 Å². The second-order valence-electron chi connectivity index (χ2n) is 21.9. The molecule has 11 nitrogen and oxygen atoms in total. The van der Waals surface area contributed by atoms with Crippen molar-refractivity contribution in [3.8, 4) is 0 Å². The number of ether oxygens (including phenoxy) is 1. The molecule has 6 aromatic carbocycles. The average Bonchev–Trinajstić information content (AvgIpc) is 1.63. The van der Waals surface area contributed by atoms with Crippen molar-refractivity contribution in [3.63, 3.8) is 0 Å². The van der Waals surface area contributed by atoms with E-state index in [0.717, 1.165) is 198 Å². The van der Waals surface area contributed by atoms with E-state index < -0.39 is 0 Å². The number of hydrogen-bond donors (Lipinski definition) is 1. The van der Waals surface area contributed by atoms with Gasteiger partial charge in [0.1, 0.15) is 10.5 Å².